The Labute approximate surface area is 113 Å². The Morgan fingerprint density at radius 1 is 1.42 bits per heavy atom. The van der Waals surface area contributed by atoms with Crippen molar-refractivity contribution in [3.63, 3.8) is 0 Å². The molecule has 1 heterocycles. The smallest absolute Gasteiger partial charge is 0.333 e. The van der Waals surface area contributed by atoms with Gasteiger partial charge in [-0.25, -0.2) is 4.68 Å². The summed E-state index contributed by atoms with van der Waals surface area (Å²) in [6.07, 6.45) is 2.57. The van der Waals surface area contributed by atoms with E-state index in [9.17, 15) is 10.1 Å². The van der Waals surface area contributed by atoms with E-state index in [1.54, 1.807) is 11.6 Å². The van der Waals surface area contributed by atoms with Crippen LogP contribution in [0.2, 0.25) is 0 Å². The van der Waals surface area contributed by atoms with Gasteiger partial charge in [0.15, 0.2) is 0 Å². The Kier molecular flexibility index (Phi) is 5.75. The molecule has 1 aromatic rings. The van der Waals surface area contributed by atoms with Gasteiger partial charge in [-0.05, 0) is 33.1 Å². The minimum Gasteiger partial charge on any atom is -0.396 e. The minimum absolute atomic E-state index is 0.0894. The number of aliphatic hydroxyl groups is 1. The van der Waals surface area contributed by atoms with E-state index >= 15 is 0 Å². The van der Waals surface area contributed by atoms with Crippen LogP contribution in [0.1, 0.15) is 31.9 Å². The molecule has 0 radical (unpaired) electrons. The Morgan fingerprint density at radius 2 is 2.11 bits per heavy atom. The van der Waals surface area contributed by atoms with Crippen LogP contribution < -0.4 is 4.90 Å². The monoisotopic (exact) mass is 270 g/mol. The fraction of sp³-hybridized carbons (Fsp3) is 0.750. The Balaban J connectivity index is 2.87. The molecule has 19 heavy (non-hydrogen) atoms. The predicted octanol–water partition coefficient (Wildman–Crippen LogP) is 1.72. The molecule has 0 unspecified atom stereocenters. The van der Waals surface area contributed by atoms with Gasteiger partial charge >= 0.3 is 5.69 Å². The SMILES string of the molecule is CCn1nc(C)c([N+](=O)[O-])c1N(C)CCCCCO. The highest BCUT2D eigenvalue weighted by atomic mass is 16.6. The number of unbranched alkanes of at least 4 members (excludes halogenated alkanes) is 2. The number of aromatic nitrogens is 2. The van der Waals surface area contributed by atoms with Gasteiger partial charge in [-0.3, -0.25) is 10.1 Å². The normalized spacial score (nSPS) is 10.7. The van der Waals surface area contributed by atoms with Crippen molar-refractivity contribution in [3.05, 3.63) is 15.8 Å². The Bertz CT molecular complexity index is 431. The maximum Gasteiger partial charge on any atom is 0.333 e. The first-order chi connectivity index (χ1) is 9.02. The zero-order valence-corrected chi connectivity index (χ0v) is 11.8. The molecule has 0 aliphatic rings. The minimum atomic E-state index is -0.367. The first-order valence-electron chi connectivity index (χ1n) is 6.56. The molecule has 1 aromatic heterocycles. The summed E-state index contributed by atoms with van der Waals surface area (Å²) in [5.41, 5.74) is 0.538. The first kappa shape index (κ1) is 15.4. The molecule has 0 aliphatic heterocycles. The van der Waals surface area contributed by atoms with Crippen molar-refractivity contribution in [1.82, 2.24) is 9.78 Å². The van der Waals surface area contributed by atoms with Crippen LogP contribution in [0, 0.1) is 17.0 Å². The van der Waals surface area contributed by atoms with Gasteiger partial charge in [0, 0.05) is 26.7 Å². The molecule has 0 saturated heterocycles. The average Bonchev–Trinajstić information content (AvgIpc) is 2.71. The molecule has 0 aliphatic carbocycles. The molecular weight excluding hydrogens is 248 g/mol. The zero-order chi connectivity index (χ0) is 14.4. The lowest BCUT2D eigenvalue weighted by molar-refractivity contribution is -0.384. The predicted molar refractivity (Wildman–Crippen MR) is 73.5 cm³/mol. The molecule has 0 spiro atoms. The van der Waals surface area contributed by atoms with Crippen molar-refractivity contribution in [2.75, 3.05) is 25.1 Å². The largest absolute Gasteiger partial charge is 0.396 e. The van der Waals surface area contributed by atoms with Crippen molar-refractivity contribution in [1.29, 1.82) is 0 Å². The molecule has 0 saturated carbocycles. The summed E-state index contributed by atoms with van der Waals surface area (Å²) in [5.74, 6) is 0.564. The summed E-state index contributed by atoms with van der Waals surface area (Å²) in [5, 5.41) is 24.1. The lowest BCUT2D eigenvalue weighted by Gasteiger charge is -2.19. The summed E-state index contributed by atoms with van der Waals surface area (Å²) < 4.78 is 1.67. The van der Waals surface area contributed by atoms with Gasteiger partial charge in [-0.1, -0.05) is 0 Å². The second-order valence-electron chi connectivity index (χ2n) is 4.54. The topological polar surface area (TPSA) is 84.4 Å². The van der Waals surface area contributed by atoms with Crippen LogP contribution >= 0.6 is 0 Å². The summed E-state index contributed by atoms with van der Waals surface area (Å²) in [6.45, 7) is 5.08. The lowest BCUT2D eigenvalue weighted by Crippen LogP contribution is -2.23. The number of aryl methyl sites for hydroxylation is 2. The molecule has 0 amide bonds. The van der Waals surface area contributed by atoms with E-state index < -0.39 is 0 Å². The van der Waals surface area contributed by atoms with Crippen LogP contribution in [-0.4, -0.2) is 40.0 Å². The molecule has 0 aromatic carbocycles. The van der Waals surface area contributed by atoms with Crippen LogP contribution in [0.15, 0.2) is 0 Å². The third-order valence-corrected chi connectivity index (χ3v) is 3.07. The summed E-state index contributed by atoms with van der Waals surface area (Å²) in [7, 11) is 1.84. The zero-order valence-electron chi connectivity index (χ0n) is 11.8. The van der Waals surface area contributed by atoms with Gasteiger partial charge in [0.2, 0.25) is 5.82 Å². The van der Waals surface area contributed by atoms with Gasteiger partial charge in [-0.15, -0.1) is 0 Å². The van der Waals surface area contributed by atoms with Crippen molar-refractivity contribution in [2.45, 2.75) is 39.7 Å². The fourth-order valence-electron chi connectivity index (χ4n) is 2.12. The van der Waals surface area contributed by atoms with Gasteiger partial charge in [-0.2, -0.15) is 5.10 Å². The van der Waals surface area contributed by atoms with Crippen molar-refractivity contribution in [2.24, 2.45) is 0 Å². The highest BCUT2D eigenvalue weighted by Crippen LogP contribution is 2.30. The van der Waals surface area contributed by atoms with Gasteiger partial charge in [0.05, 0.1) is 4.92 Å². The van der Waals surface area contributed by atoms with E-state index in [2.05, 4.69) is 5.10 Å². The average molecular weight is 270 g/mol. The molecular formula is C12H22N4O3. The number of rotatable bonds is 8. The maximum atomic E-state index is 11.1. The second kappa shape index (κ2) is 7.08. The van der Waals surface area contributed by atoms with Crippen molar-refractivity contribution < 1.29 is 10.0 Å². The number of hydrogen-bond donors (Lipinski definition) is 1. The van der Waals surface area contributed by atoms with Crippen LogP contribution in [-0.2, 0) is 6.54 Å². The van der Waals surface area contributed by atoms with Crippen LogP contribution in [0.5, 0.6) is 0 Å². The van der Waals surface area contributed by atoms with E-state index in [4.69, 9.17) is 5.11 Å². The van der Waals surface area contributed by atoms with Crippen LogP contribution in [0.3, 0.4) is 0 Å². The van der Waals surface area contributed by atoms with E-state index in [0.717, 1.165) is 19.3 Å². The molecule has 108 valence electrons. The Hall–Kier alpha value is -1.63. The van der Waals surface area contributed by atoms with Crippen molar-refractivity contribution in [3.8, 4) is 0 Å². The van der Waals surface area contributed by atoms with Crippen molar-refractivity contribution >= 4 is 11.5 Å². The van der Waals surface area contributed by atoms with E-state index in [1.807, 2.05) is 18.9 Å². The number of nitrogens with zero attached hydrogens (tertiary/aromatic N) is 4. The number of hydrogen-bond acceptors (Lipinski definition) is 5. The maximum absolute atomic E-state index is 11.1. The second-order valence-corrected chi connectivity index (χ2v) is 4.54. The summed E-state index contributed by atoms with van der Waals surface area (Å²) in [4.78, 5) is 12.7. The summed E-state index contributed by atoms with van der Waals surface area (Å²) in [6, 6.07) is 0. The van der Waals surface area contributed by atoms with Crippen LogP contribution in [0.25, 0.3) is 0 Å². The molecule has 1 rings (SSSR count). The lowest BCUT2D eigenvalue weighted by atomic mass is 10.2. The van der Waals surface area contributed by atoms with Gasteiger partial charge < -0.3 is 10.0 Å². The number of anilines is 1. The van der Waals surface area contributed by atoms with E-state index in [1.165, 1.54) is 0 Å². The Morgan fingerprint density at radius 3 is 2.63 bits per heavy atom. The first-order valence-corrected chi connectivity index (χ1v) is 6.56. The quantitative estimate of drug-likeness (QED) is 0.441. The molecule has 1 N–H and O–H groups in total. The van der Waals surface area contributed by atoms with Gasteiger partial charge in [0.25, 0.3) is 0 Å². The molecule has 7 nitrogen and oxygen atoms in total. The van der Waals surface area contributed by atoms with Crippen LogP contribution in [0.4, 0.5) is 11.5 Å². The third-order valence-electron chi connectivity index (χ3n) is 3.07. The third kappa shape index (κ3) is 3.66. The molecule has 0 fully saturated rings. The molecule has 0 atom stereocenters. The summed E-state index contributed by atoms with van der Waals surface area (Å²) >= 11 is 0. The van der Waals surface area contributed by atoms with Gasteiger partial charge in [0.1, 0.15) is 5.69 Å². The van der Waals surface area contributed by atoms with E-state index in [0.29, 0.717) is 24.6 Å². The molecule has 0 bridgehead atoms. The van der Waals surface area contributed by atoms with E-state index in [-0.39, 0.29) is 17.2 Å². The number of nitro groups is 1. The fourth-order valence-corrected chi connectivity index (χ4v) is 2.12. The molecule has 7 heteroatoms. The highest BCUT2D eigenvalue weighted by Gasteiger charge is 2.27. The number of aliphatic hydroxyl groups excluding tert-OH is 1. The standard InChI is InChI=1S/C12H22N4O3/c1-4-15-12(11(16(18)19)10(2)13-15)14(3)8-6-5-7-9-17/h17H,4-9H2,1-3H3. The highest BCUT2D eigenvalue weighted by molar-refractivity contribution is 5.60.